The summed E-state index contributed by atoms with van der Waals surface area (Å²) in [5.41, 5.74) is 0.612. The zero-order chi connectivity index (χ0) is 15.1. The fourth-order valence-corrected chi connectivity index (χ4v) is 3.16. The number of hydrogen-bond donors (Lipinski definition) is 0. The van der Waals surface area contributed by atoms with Crippen molar-refractivity contribution >= 4 is 38.3 Å². The number of carbonyl (C=O) groups is 1. The number of fused-ring (bicyclic) bond motifs is 5. The van der Waals surface area contributed by atoms with Crippen LogP contribution in [0.25, 0.3) is 32.3 Å². The summed E-state index contributed by atoms with van der Waals surface area (Å²) in [6, 6.07) is 22.4. The van der Waals surface area contributed by atoms with Gasteiger partial charge in [0.15, 0.2) is 0 Å². The van der Waals surface area contributed by atoms with E-state index in [9.17, 15) is 4.79 Å². The first-order chi connectivity index (χ1) is 10.8. The zero-order valence-electron chi connectivity index (χ0n) is 12.2. The van der Waals surface area contributed by atoms with E-state index in [2.05, 4.69) is 30.3 Å². The highest BCUT2D eigenvalue weighted by Gasteiger charge is 2.14. The quantitative estimate of drug-likeness (QED) is 0.366. The first-order valence-corrected chi connectivity index (χ1v) is 7.21. The van der Waals surface area contributed by atoms with E-state index in [4.69, 9.17) is 4.74 Å². The van der Waals surface area contributed by atoms with Gasteiger partial charge in [-0.1, -0.05) is 60.7 Å². The minimum absolute atomic E-state index is 0.300. The summed E-state index contributed by atoms with van der Waals surface area (Å²) >= 11 is 0. The van der Waals surface area contributed by atoms with Crippen molar-refractivity contribution < 1.29 is 9.53 Å². The van der Waals surface area contributed by atoms with Gasteiger partial charge in [-0.15, -0.1) is 0 Å². The number of methoxy groups -OCH3 is 1. The number of rotatable bonds is 1. The van der Waals surface area contributed by atoms with Crippen molar-refractivity contribution in [3.8, 4) is 0 Å². The molecule has 2 nitrogen and oxygen atoms in total. The first kappa shape index (κ1) is 12.8. The Morgan fingerprint density at radius 3 is 2.18 bits per heavy atom. The van der Waals surface area contributed by atoms with Crippen LogP contribution >= 0.6 is 0 Å². The average molecular weight is 286 g/mol. The maximum atomic E-state index is 12.1. The third-order valence-corrected chi connectivity index (χ3v) is 4.15. The Morgan fingerprint density at radius 2 is 1.41 bits per heavy atom. The topological polar surface area (TPSA) is 26.3 Å². The third kappa shape index (κ3) is 1.77. The van der Waals surface area contributed by atoms with Gasteiger partial charge in [-0.25, -0.2) is 4.79 Å². The second-order valence-electron chi connectivity index (χ2n) is 5.35. The lowest BCUT2D eigenvalue weighted by atomic mass is 9.93. The Hall–Kier alpha value is -2.87. The molecule has 4 rings (SSSR count). The van der Waals surface area contributed by atoms with Crippen LogP contribution in [0.4, 0.5) is 0 Å². The van der Waals surface area contributed by atoms with Crippen LogP contribution in [0.2, 0.25) is 0 Å². The molecule has 0 aliphatic heterocycles. The largest absolute Gasteiger partial charge is 0.465 e. The van der Waals surface area contributed by atoms with Gasteiger partial charge in [0.25, 0.3) is 0 Å². The van der Waals surface area contributed by atoms with E-state index in [0.29, 0.717) is 5.56 Å². The molecule has 0 aliphatic carbocycles. The molecule has 0 fully saturated rings. The van der Waals surface area contributed by atoms with E-state index in [1.807, 2.05) is 36.4 Å². The van der Waals surface area contributed by atoms with Crippen LogP contribution in [0, 0.1) is 0 Å². The van der Waals surface area contributed by atoms with Gasteiger partial charge >= 0.3 is 5.97 Å². The normalized spacial score (nSPS) is 11.1. The summed E-state index contributed by atoms with van der Waals surface area (Å²) in [5.74, 6) is -0.300. The molecule has 0 unspecified atom stereocenters. The number of carbonyl (C=O) groups excluding carboxylic acids is 1. The molecule has 0 N–H and O–H groups in total. The van der Waals surface area contributed by atoms with Crippen LogP contribution in [-0.2, 0) is 4.74 Å². The van der Waals surface area contributed by atoms with Crippen molar-refractivity contribution in [1.82, 2.24) is 0 Å². The van der Waals surface area contributed by atoms with Gasteiger partial charge in [0.1, 0.15) is 0 Å². The summed E-state index contributed by atoms with van der Waals surface area (Å²) in [5, 5.41) is 6.65. The molecule has 4 aromatic carbocycles. The molecule has 2 heteroatoms. The van der Waals surface area contributed by atoms with Crippen LogP contribution in [0.1, 0.15) is 10.4 Å². The summed E-state index contributed by atoms with van der Waals surface area (Å²) in [4.78, 5) is 12.1. The first-order valence-electron chi connectivity index (χ1n) is 7.21. The summed E-state index contributed by atoms with van der Waals surface area (Å²) in [7, 11) is 1.42. The SMILES string of the molecule is COC(=O)c1cc2ccc3ccccc3c2c2ccccc12. The highest BCUT2D eigenvalue weighted by atomic mass is 16.5. The van der Waals surface area contributed by atoms with E-state index >= 15 is 0 Å². The number of benzene rings is 4. The van der Waals surface area contributed by atoms with Crippen molar-refractivity contribution in [2.45, 2.75) is 0 Å². The van der Waals surface area contributed by atoms with Crippen LogP contribution in [0.3, 0.4) is 0 Å². The van der Waals surface area contributed by atoms with Crippen molar-refractivity contribution in [2.75, 3.05) is 7.11 Å². The lowest BCUT2D eigenvalue weighted by Gasteiger charge is -2.11. The molecule has 4 aromatic rings. The Balaban J connectivity index is 2.27. The molecule has 0 amide bonds. The molecule has 0 aromatic heterocycles. The summed E-state index contributed by atoms with van der Waals surface area (Å²) in [6.45, 7) is 0. The standard InChI is InChI=1S/C20H14O2/c1-22-20(21)18-12-14-11-10-13-6-2-3-7-15(13)19(14)17-9-5-4-8-16(17)18/h2-12H,1H3. The van der Waals surface area contributed by atoms with Crippen molar-refractivity contribution in [3.05, 3.63) is 72.3 Å². The van der Waals surface area contributed by atoms with Crippen molar-refractivity contribution in [1.29, 1.82) is 0 Å². The van der Waals surface area contributed by atoms with Gasteiger partial charge in [0.05, 0.1) is 12.7 Å². The van der Waals surface area contributed by atoms with Crippen LogP contribution < -0.4 is 0 Å². The van der Waals surface area contributed by atoms with E-state index in [-0.39, 0.29) is 5.97 Å². The molecule has 0 saturated carbocycles. The van der Waals surface area contributed by atoms with Gasteiger partial charge in [0.2, 0.25) is 0 Å². The molecule has 0 aliphatic rings. The number of ether oxygens (including phenoxy) is 1. The molecule has 0 bridgehead atoms. The predicted molar refractivity (Wildman–Crippen MR) is 90.3 cm³/mol. The zero-order valence-corrected chi connectivity index (χ0v) is 12.2. The fraction of sp³-hybridized carbons (Fsp3) is 0.0500. The van der Waals surface area contributed by atoms with Gasteiger partial charge in [0, 0.05) is 0 Å². The lowest BCUT2D eigenvalue weighted by Crippen LogP contribution is -2.02. The van der Waals surface area contributed by atoms with Gasteiger partial charge in [-0.05, 0) is 38.4 Å². The van der Waals surface area contributed by atoms with E-state index in [1.165, 1.54) is 23.3 Å². The second kappa shape index (κ2) is 4.85. The molecule has 0 atom stereocenters. The van der Waals surface area contributed by atoms with Crippen LogP contribution in [-0.4, -0.2) is 13.1 Å². The molecule has 106 valence electrons. The minimum Gasteiger partial charge on any atom is -0.465 e. The van der Waals surface area contributed by atoms with Gasteiger partial charge in [-0.2, -0.15) is 0 Å². The van der Waals surface area contributed by atoms with Gasteiger partial charge in [-0.3, -0.25) is 0 Å². The Kier molecular flexibility index (Phi) is 2.83. The van der Waals surface area contributed by atoms with E-state index in [0.717, 1.165) is 16.2 Å². The van der Waals surface area contributed by atoms with Crippen LogP contribution in [0.15, 0.2) is 66.7 Å². The highest BCUT2D eigenvalue weighted by molar-refractivity contribution is 6.23. The molecule has 0 radical (unpaired) electrons. The molecule has 0 spiro atoms. The maximum absolute atomic E-state index is 12.1. The Morgan fingerprint density at radius 1 is 0.773 bits per heavy atom. The summed E-state index contributed by atoms with van der Waals surface area (Å²) < 4.78 is 4.94. The summed E-state index contributed by atoms with van der Waals surface area (Å²) in [6.07, 6.45) is 0. The van der Waals surface area contributed by atoms with Crippen molar-refractivity contribution in [2.24, 2.45) is 0 Å². The fourth-order valence-electron chi connectivity index (χ4n) is 3.16. The molecule has 0 saturated heterocycles. The second-order valence-corrected chi connectivity index (χ2v) is 5.35. The molecular formula is C20H14O2. The van der Waals surface area contributed by atoms with Gasteiger partial charge < -0.3 is 4.74 Å². The number of esters is 1. The Labute approximate surface area is 127 Å². The highest BCUT2D eigenvalue weighted by Crippen LogP contribution is 2.34. The molecular weight excluding hydrogens is 272 g/mol. The molecule has 22 heavy (non-hydrogen) atoms. The average Bonchev–Trinajstić information content (AvgIpc) is 2.59. The lowest BCUT2D eigenvalue weighted by molar-refractivity contribution is 0.0603. The van der Waals surface area contributed by atoms with E-state index < -0.39 is 0 Å². The smallest absolute Gasteiger partial charge is 0.338 e. The third-order valence-electron chi connectivity index (χ3n) is 4.15. The van der Waals surface area contributed by atoms with Crippen molar-refractivity contribution in [3.63, 3.8) is 0 Å². The monoisotopic (exact) mass is 286 g/mol. The Bertz CT molecular complexity index is 1030. The minimum atomic E-state index is -0.300. The molecule has 0 heterocycles. The number of hydrogen-bond acceptors (Lipinski definition) is 2. The van der Waals surface area contributed by atoms with Crippen LogP contribution in [0.5, 0.6) is 0 Å². The predicted octanol–water partition coefficient (Wildman–Crippen LogP) is 4.93. The van der Waals surface area contributed by atoms with E-state index in [1.54, 1.807) is 0 Å². The maximum Gasteiger partial charge on any atom is 0.338 e.